The van der Waals surface area contributed by atoms with Crippen molar-refractivity contribution in [3.63, 3.8) is 0 Å². The highest BCUT2D eigenvalue weighted by Gasteiger charge is 2.17. The number of carbonyl (C=O) groups excluding carboxylic acids is 1. The van der Waals surface area contributed by atoms with Crippen LogP contribution in [0.15, 0.2) is 81.5 Å². The molecule has 1 aliphatic rings. The van der Waals surface area contributed by atoms with Gasteiger partial charge in [-0.2, -0.15) is 0 Å². The van der Waals surface area contributed by atoms with Gasteiger partial charge in [0, 0.05) is 38.7 Å². The van der Waals surface area contributed by atoms with Crippen LogP contribution >= 0.6 is 11.8 Å². The molecule has 0 saturated heterocycles. The first-order valence-corrected chi connectivity index (χ1v) is 10.0. The van der Waals surface area contributed by atoms with Gasteiger partial charge in [-0.25, -0.2) is 0 Å². The highest BCUT2D eigenvalue weighted by atomic mass is 32.2. The number of fused-ring (bicyclic) bond motifs is 2. The average molecular weight is 388 g/mol. The van der Waals surface area contributed by atoms with Crippen LogP contribution in [0.3, 0.4) is 0 Å². The summed E-state index contributed by atoms with van der Waals surface area (Å²) in [7, 11) is 0. The lowest BCUT2D eigenvalue weighted by atomic mass is 10.1. The first-order valence-electron chi connectivity index (χ1n) is 9.19. The smallest absolute Gasteiger partial charge is 0.251 e. The third-order valence-electron chi connectivity index (χ3n) is 4.66. The van der Waals surface area contributed by atoms with E-state index in [1.54, 1.807) is 30.0 Å². The van der Waals surface area contributed by atoms with Crippen LogP contribution in [0.2, 0.25) is 0 Å². The molecule has 140 valence electrons. The van der Waals surface area contributed by atoms with Gasteiger partial charge in [-0.05, 0) is 36.8 Å². The van der Waals surface area contributed by atoms with E-state index >= 15 is 0 Å². The number of nitrogens with one attached hydrogen (secondary N) is 1. The molecule has 3 aromatic carbocycles. The van der Waals surface area contributed by atoms with Gasteiger partial charge in [0.25, 0.3) is 5.91 Å². The highest BCUT2D eigenvalue weighted by molar-refractivity contribution is 7.99. The Labute approximate surface area is 168 Å². The molecule has 0 unspecified atom stereocenters. The minimum atomic E-state index is -0.189. The molecule has 1 heterocycles. The molecule has 1 amide bonds. The molecule has 0 spiro atoms. The number of carbonyl (C=O) groups is 1. The van der Waals surface area contributed by atoms with Crippen LogP contribution in [0.4, 0.5) is 5.69 Å². The maximum atomic E-state index is 12.6. The Balaban J connectivity index is 1.60. The van der Waals surface area contributed by atoms with Crippen LogP contribution in [0.1, 0.15) is 34.8 Å². The maximum Gasteiger partial charge on any atom is 0.251 e. The van der Waals surface area contributed by atoms with Gasteiger partial charge in [0.15, 0.2) is 0 Å². The van der Waals surface area contributed by atoms with Crippen LogP contribution < -0.4 is 5.32 Å². The molecule has 4 nitrogen and oxygen atoms in total. The largest absolute Gasteiger partial charge is 0.508 e. The van der Waals surface area contributed by atoms with Gasteiger partial charge in [0.2, 0.25) is 0 Å². The summed E-state index contributed by atoms with van der Waals surface area (Å²) in [5.41, 5.74) is 4.22. The molecule has 1 aliphatic heterocycles. The lowest BCUT2D eigenvalue weighted by Crippen LogP contribution is -2.22. The molecule has 5 heteroatoms. The maximum absolute atomic E-state index is 12.6. The number of amides is 1. The zero-order chi connectivity index (χ0) is 19.5. The number of nitrogens with zero attached hydrogens (tertiary/aromatic N) is 1. The summed E-state index contributed by atoms with van der Waals surface area (Å²) in [6, 6.07) is 20.9. The fourth-order valence-corrected chi connectivity index (χ4v) is 4.18. The summed E-state index contributed by atoms with van der Waals surface area (Å²) in [6.45, 7) is 2.36. The molecule has 4 rings (SSSR count). The number of phenolic OH excluding ortho intramolecular Hbond substituents is 1. The van der Waals surface area contributed by atoms with Gasteiger partial charge in [0.05, 0.1) is 5.69 Å². The summed E-state index contributed by atoms with van der Waals surface area (Å²) in [5.74, 6) is -0.0119. The average Bonchev–Trinajstić information content (AvgIpc) is 2.88. The number of rotatable bonds is 4. The predicted molar refractivity (Wildman–Crippen MR) is 113 cm³/mol. The molecule has 3 aromatic rings. The summed E-state index contributed by atoms with van der Waals surface area (Å²) >= 11 is 1.68. The molecule has 0 fully saturated rings. The molecular formula is C23H20N2O2S. The van der Waals surface area contributed by atoms with Gasteiger partial charge in [0.1, 0.15) is 5.75 Å². The van der Waals surface area contributed by atoms with E-state index in [0.717, 1.165) is 28.3 Å². The molecule has 0 radical (unpaired) electrons. The topological polar surface area (TPSA) is 61.7 Å². The first kappa shape index (κ1) is 18.3. The quantitative estimate of drug-likeness (QED) is 0.636. The second kappa shape index (κ2) is 7.90. The lowest BCUT2D eigenvalue weighted by Gasteiger charge is -2.09. The predicted octanol–water partition coefficient (Wildman–Crippen LogP) is 5.32. The first-order chi connectivity index (χ1) is 13.7. The Bertz CT molecular complexity index is 1080. The van der Waals surface area contributed by atoms with Crippen molar-refractivity contribution in [2.24, 2.45) is 4.99 Å². The van der Waals surface area contributed by atoms with Crippen molar-refractivity contribution in [3.8, 4) is 5.75 Å². The Morgan fingerprint density at radius 2 is 1.82 bits per heavy atom. The van der Waals surface area contributed by atoms with Crippen LogP contribution in [0.5, 0.6) is 5.75 Å². The Kier molecular flexibility index (Phi) is 5.17. The van der Waals surface area contributed by atoms with Crippen molar-refractivity contribution in [2.75, 3.05) is 0 Å². The van der Waals surface area contributed by atoms with Crippen LogP contribution in [-0.4, -0.2) is 16.7 Å². The number of aromatic hydroxyl groups is 1. The van der Waals surface area contributed by atoms with Crippen molar-refractivity contribution in [1.82, 2.24) is 5.32 Å². The van der Waals surface area contributed by atoms with Crippen LogP contribution in [-0.2, 0) is 6.54 Å². The van der Waals surface area contributed by atoms with Crippen molar-refractivity contribution in [1.29, 1.82) is 0 Å². The van der Waals surface area contributed by atoms with Crippen LogP contribution in [0.25, 0.3) is 0 Å². The SMILES string of the molecule is CCC1=Nc2cc(C(=O)NCc3ccccc3O)ccc2Sc2ccccc21. The number of para-hydroxylation sites is 1. The van der Waals surface area contributed by atoms with E-state index in [0.29, 0.717) is 11.1 Å². The minimum absolute atomic E-state index is 0.177. The molecule has 0 saturated carbocycles. The Morgan fingerprint density at radius 1 is 1.04 bits per heavy atom. The van der Waals surface area contributed by atoms with Crippen molar-refractivity contribution >= 4 is 29.1 Å². The summed E-state index contributed by atoms with van der Waals surface area (Å²) in [5, 5.41) is 12.7. The van der Waals surface area contributed by atoms with E-state index in [2.05, 4.69) is 24.4 Å². The third-order valence-corrected chi connectivity index (χ3v) is 5.80. The third kappa shape index (κ3) is 3.66. The minimum Gasteiger partial charge on any atom is -0.508 e. The van der Waals surface area contributed by atoms with E-state index in [9.17, 15) is 9.90 Å². The number of hydrogen-bond donors (Lipinski definition) is 2. The van der Waals surface area contributed by atoms with Gasteiger partial charge in [-0.15, -0.1) is 0 Å². The fraction of sp³-hybridized carbons (Fsp3) is 0.130. The van der Waals surface area contributed by atoms with E-state index in [1.165, 1.54) is 4.90 Å². The van der Waals surface area contributed by atoms with Crippen LogP contribution in [0, 0.1) is 0 Å². The monoisotopic (exact) mass is 388 g/mol. The van der Waals surface area contributed by atoms with Crippen molar-refractivity contribution < 1.29 is 9.90 Å². The van der Waals surface area contributed by atoms with Gasteiger partial charge < -0.3 is 10.4 Å². The molecule has 2 N–H and O–H groups in total. The Hall–Kier alpha value is -3.05. The van der Waals surface area contributed by atoms with Gasteiger partial charge >= 0.3 is 0 Å². The lowest BCUT2D eigenvalue weighted by molar-refractivity contribution is 0.0950. The molecule has 0 atom stereocenters. The van der Waals surface area contributed by atoms with E-state index < -0.39 is 0 Å². The number of phenols is 1. The van der Waals surface area contributed by atoms with Gasteiger partial charge in [-0.1, -0.05) is 55.1 Å². The number of benzene rings is 3. The number of aliphatic imine (C=N–C) groups is 1. The normalized spacial score (nSPS) is 12.4. The molecule has 0 aromatic heterocycles. The van der Waals surface area contributed by atoms with E-state index in [4.69, 9.17) is 4.99 Å². The summed E-state index contributed by atoms with van der Waals surface area (Å²) in [4.78, 5) is 19.7. The molecule has 28 heavy (non-hydrogen) atoms. The molecular weight excluding hydrogens is 368 g/mol. The second-order valence-electron chi connectivity index (χ2n) is 6.50. The standard InChI is InChI=1S/C23H20N2O2S/c1-2-18-17-8-4-6-10-21(17)28-22-12-11-15(13-19(22)25-18)23(27)24-14-16-7-3-5-9-20(16)26/h3-13,26H,2,14H2,1H3,(H,24,27). The summed E-state index contributed by atoms with van der Waals surface area (Å²) < 4.78 is 0. The highest BCUT2D eigenvalue weighted by Crippen LogP contribution is 2.41. The number of hydrogen-bond acceptors (Lipinski definition) is 4. The summed E-state index contributed by atoms with van der Waals surface area (Å²) in [6.07, 6.45) is 0.820. The van der Waals surface area contributed by atoms with Crippen molar-refractivity contribution in [2.45, 2.75) is 29.7 Å². The van der Waals surface area contributed by atoms with E-state index in [-0.39, 0.29) is 18.2 Å². The molecule has 0 aliphatic carbocycles. The van der Waals surface area contributed by atoms with Crippen molar-refractivity contribution in [3.05, 3.63) is 83.4 Å². The zero-order valence-electron chi connectivity index (χ0n) is 15.5. The zero-order valence-corrected chi connectivity index (χ0v) is 16.3. The Morgan fingerprint density at radius 3 is 2.64 bits per heavy atom. The van der Waals surface area contributed by atoms with Gasteiger partial charge in [-0.3, -0.25) is 9.79 Å². The molecule has 0 bridgehead atoms. The fourth-order valence-electron chi connectivity index (χ4n) is 3.16. The second-order valence-corrected chi connectivity index (χ2v) is 7.59. The van der Waals surface area contributed by atoms with E-state index in [1.807, 2.05) is 36.4 Å².